The third-order valence-corrected chi connectivity index (χ3v) is 2.76. The molecule has 1 N–H and O–H groups in total. The number of aromatic nitrogens is 1. The quantitative estimate of drug-likeness (QED) is 0.767. The minimum atomic E-state index is -4.61. The van der Waals surface area contributed by atoms with Gasteiger partial charge in [0.25, 0.3) is 5.56 Å². The molecule has 5 nitrogen and oxygen atoms in total. The van der Waals surface area contributed by atoms with E-state index in [4.69, 9.17) is 5.11 Å². The molecule has 2 heterocycles. The smallest absolute Gasteiger partial charge is 0.416 e. The lowest BCUT2D eigenvalue weighted by Crippen LogP contribution is -2.41. The summed E-state index contributed by atoms with van der Waals surface area (Å²) in [4.78, 5) is 23.2. The molecule has 1 amide bonds. The molecule has 2 rings (SSSR count). The molecule has 1 aliphatic heterocycles. The minimum absolute atomic E-state index is 0.0588. The lowest BCUT2D eigenvalue weighted by molar-refractivity contribution is -0.137. The maximum Gasteiger partial charge on any atom is 0.416 e. The monoisotopic (exact) mass is 262 g/mol. The Morgan fingerprint density at radius 3 is 2.50 bits per heavy atom. The third-order valence-electron chi connectivity index (χ3n) is 2.76. The molecule has 0 fully saturated rings. The highest BCUT2D eigenvalue weighted by Crippen LogP contribution is 2.29. The summed E-state index contributed by atoms with van der Waals surface area (Å²) in [7, 11) is 0. The van der Waals surface area contributed by atoms with Gasteiger partial charge in [-0.25, -0.2) is 4.79 Å². The molecule has 0 saturated heterocycles. The first-order valence-corrected chi connectivity index (χ1v) is 5.08. The second-order valence-corrected chi connectivity index (χ2v) is 3.93. The van der Waals surface area contributed by atoms with Crippen LogP contribution in [-0.4, -0.2) is 27.2 Å². The zero-order valence-electron chi connectivity index (χ0n) is 9.07. The normalized spacial score (nSPS) is 15.4. The molecular weight excluding hydrogens is 253 g/mol. The average Bonchev–Trinajstić information content (AvgIpc) is 2.26. The number of hydrogen-bond acceptors (Lipinski definition) is 2. The van der Waals surface area contributed by atoms with Gasteiger partial charge < -0.3 is 14.6 Å². The Labute approximate surface area is 99.1 Å². The van der Waals surface area contributed by atoms with Gasteiger partial charge in [-0.2, -0.15) is 13.2 Å². The fourth-order valence-electron chi connectivity index (χ4n) is 1.86. The van der Waals surface area contributed by atoms with E-state index in [1.165, 1.54) is 0 Å². The van der Waals surface area contributed by atoms with Crippen molar-refractivity contribution in [3.63, 3.8) is 0 Å². The number of hydrogen-bond donors (Lipinski definition) is 1. The lowest BCUT2D eigenvalue weighted by Gasteiger charge is -2.28. The Kier molecular flexibility index (Phi) is 2.80. The van der Waals surface area contributed by atoms with E-state index >= 15 is 0 Å². The minimum Gasteiger partial charge on any atom is -0.465 e. The molecule has 0 saturated carbocycles. The summed E-state index contributed by atoms with van der Waals surface area (Å²) in [6.07, 6.45) is -5.83. The van der Waals surface area contributed by atoms with Crippen LogP contribution in [0.4, 0.5) is 18.0 Å². The molecule has 0 radical (unpaired) electrons. The van der Waals surface area contributed by atoms with Gasteiger partial charge in [0.1, 0.15) is 0 Å². The summed E-state index contributed by atoms with van der Waals surface area (Å²) < 4.78 is 38.7. The predicted octanol–water partition coefficient (Wildman–Crippen LogP) is 1.36. The summed E-state index contributed by atoms with van der Waals surface area (Å²) >= 11 is 0. The van der Waals surface area contributed by atoms with Crippen LogP contribution in [-0.2, 0) is 19.3 Å². The van der Waals surface area contributed by atoms with Gasteiger partial charge in [0.2, 0.25) is 0 Å². The average molecular weight is 262 g/mol. The number of halogens is 3. The number of pyridine rings is 1. The molecule has 0 aliphatic carbocycles. The Morgan fingerprint density at radius 1 is 1.28 bits per heavy atom. The van der Waals surface area contributed by atoms with Crippen LogP contribution in [0, 0.1) is 0 Å². The molecule has 0 atom stereocenters. The van der Waals surface area contributed by atoms with Gasteiger partial charge in [-0.15, -0.1) is 0 Å². The Bertz CT molecular complexity index is 550. The van der Waals surface area contributed by atoms with Crippen molar-refractivity contribution >= 4 is 6.09 Å². The van der Waals surface area contributed by atoms with Crippen LogP contribution in [0.15, 0.2) is 16.9 Å². The number of carbonyl (C=O) groups is 1. The summed E-state index contributed by atoms with van der Waals surface area (Å²) in [5.41, 5.74) is -1.75. The largest absolute Gasteiger partial charge is 0.465 e. The van der Waals surface area contributed by atoms with Gasteiger partial charge in [0.05, 0.1) is 12.1 Å². The van der Waals surface area contributed by atoms with Crippen LogP contribution in [0.3, 0.4) is 0 Å². The van der Waals surface area contributed by atoms with E-state index in [0.717, 1.165) is 15.5 Å². The first-order chi connectivity index (χ1) is 8.29. The van der Waals surface area contributed by atoms with Crippen LogP contribution >= 0.6 is 0 Å². The molecule has 0 bridgehead atoms. The molecule has 1 aromatic rings. The maximum atomic E-state index is 12.5. The summed E-state index contributed by atoms with van der Waals surface area (Å²) in [5, 5.41) is 8.78. The Morgan fingerprint density at radius 2 is 1.94 bits per heavy atom. The molecule has 0 unspecified atom stereocenters. The Hall–Kier alpha value is -1.99. The van der Waals surface area contributed by atoms with Crippen LogP contribution in [0.25, 0.3) is 0 Å². The topological polar surface area (TPSA) is 62.5 Å². The zero-order valence-corrected chi connectivity index (χ0v) is 9.07. The van der Waals surface area contributed by atoms with E-state index in [-0.39, 0.29) is 25.3 Å². The Balaban J connectivity index is 2.46. The van der Waals surface area contributed by atoms with Crippen molar-refractivity contribution in [3.8, 4) is 0 Å². The lowest BCUT2D eigenvalue weighted by atomic mass is 10.1. The fraction of sp³-hybridized carbons (Fsp3) is 0.400. The molecule has 1 aromatic heterocycles. The van der Waals surface area contributed by atoms with Crippen molar-refractivity contribution in [1.82, 2.24) is 9.47 Å². The van der Waals surface area contributed by atoms with Gasteiger partial charge in [0, 0.05) is 24.8 Å². The number of rotatable bonds is 0. The molecule has 1 aliphatic rings. The predicted molar refractivity (Wildman–Crippen MR) is 54.1 cm³/mol. The van der Waals surface area contributed by atoms with Crippen molar-refractivity contribution in [3.05, 3.63) is 33.7 Å². The zero-order chi connectivity index (χ0) is 13.5. The second kappa shape index (κ2) is 4.04. The van der Waals surface area contributed by atoms with Crippen LogP contribution < -0.4 is 5.56 Å². The number of alkyl halides is 3. The third kappa shape index (κ3) is 2.18. The number of amides is 1. The van der Waals surface area contributed by atoms with Crippen molar-refractivity contribution in [2.75, 3.05) is 6.54 Å². The van der Waals surface area contributed by atoms with E-state index in [1.807, 2.05) is 0 Å². The molecule has 18 heavy (non-hydrogen) atoms. The molecule has 98 valence electrons. The SMILES string of the molecule is O=C(O)N1CCn2c(cc(C(F)(F)F)cc2=O)C1. The van der Waals surface area contributed by atoms with Crippen LogP contribution in [0.1, 0.15) is 11.3 Å². The van der Waals surface area contributed by atoms with E-state index in [2.05, 4.69) is 0 Å². The van der Waals surface area contributed by atoms with E-state index in [9.17, 15) is 22.8 Å². The fourth-order valence-corrected chi connectivity index (χ4v) is 1.86. The van der Waals surface area contributed by atoms with E-state index in [1.54, 1.807) is 0 Å². The highest BCUT2D eigenvalue weighted by Gasteiger charge is 2.33. The molecular formula is C10H9F3N2O3. The molecule has 8 heteroatoms. The molecule has 0 spiro atoms. The number of carboxylic acid groups (broad SMARTS) is 1. The summed E-state index contributed by atoms with van der Waals surface area (Å²) in [6, 6.07) is 1.34. The van der Waals surface area contributed by atoms with Crippen LogP contribution in [0.2, 0.25) is 0 Å². The summed E-state index contributed by atoms with van der Waals surface area (Å²) in [5.74, 6) is 0. The van der Waals surface area contributed by atoms with Gasteiger partial charge in [-0.3, -0.25) is 4.79 Å². The standard InChI is InChI=1S/C10H9F3N2O3/c11-10(12,13)6-3-7-5-14(9(17)18)1-2-15(7)8(16)4-6/h3-4H,1-2,5H2,(H,17,18). The number of nitrogens with zero attached hydrogens (tertiary/aromatic N) is 2. The van der Waals surface area contributed by atoms with Gasteiger partial charge in [0.15, 0.2) is 0 Å². The first kappa shape index (κ1) is 12.5. The summed E-state index contributed by atoms with van der Waals surface area (Å²) in [6.45, 7) is -0.0549. The van der Waals surface area contributed by atoms with Gasteiger partial charge in [-0.1, -0.05) is 0 Å². The van der Waals surface area contributed by atoms with E-state index < -0.39 is 23.4 Å². The number of fused-ring (bicyclic) bond motifs is 1. The van der Waals surface area contributed by atoms with Crippen molar-refractivity contribution in [2.45, 2.75) is 19.3 Å². The second-order valence-electron chi connectivity index (χ2n) is 3.93. The highest BCUT2D eigenvalue weighted by molar-refractivity contribution is 5.65. The van der Waals surface area contributed by atoms with Crippen molar-refractivity contribution in [2.24, 2.45) is 0 Å². The van der Waals surface area contributed by atoms with Gasteiger partial charge >= 0.3 is 12.3 Å². The van der Waals surface area contributed by atoms with Crippen LogP contribution in [0.5, 0.6) is 0 Å². The van der Waals surface area contributed by atoms with Crippen molar-refractivity contribution in [1.29, 1.82) is 0 Å². The van der Waals surface area contributed by atoms with Gasteiger partial charge in [-0.05, 0) is 6.07 Å². The first-order valence-electron chi connectivity index (χ1n) is 5.08. The maximum absolute atomic E-state index is 12.5. The highest BCUT2D eigenvalue weighted by atomic mass is 19.4. The van der Waals surface area contributed by atoms with Crippen molar-refractivity contribution < 1.29 is 23.1 Å². The van der Waals surface area contributed by atoms with E-state index in [0.29, 0.717) is 6.07 Å². The molecule has 0 aromatic carbocycles.